The average Bonchev–Trinajstić information content (AvgIpc) is 3.14. The van der Waals surface area contributed by atoms with Gasteiger partial charge in [-0.2, -0.15) is 0 Å². The number of alkyl halides is 3. The molecule has 1 aromatic carbocycles. The quantitative estimate of drug-likeness (QED) is 0.541. The van der Waals surface area contributed by atoms with E-state index in [-0.39, 0.29) is 28.5 Å². The summed E-state index contributed by atoms with van der Waals surface area (Å²) in [4.78, 5) is 45.4. The Balaban J connectivity index is 1.68. The van der Waals surface area contributed by atoms with E-state index in [4.69, 9.17) is 0 Å². The summed E-state index contributed by atoms with van der Waals surface area (Å²) in [5, 5.41) is 4.98. The number of carbonyl (C=O) groups excluding carboxylic acids is 2. The van der Waals surface area contributed by atoms with Gasteiger partial charge in [-0.25, -0.2) is 9.97 Å². The Morgan fingerprint density at radius 2 is 1.93 bits per heavy atom. The Bertz CT molecular complexity index is 1110. The second kappa shape index (κ2) is 8.73. The van der Waals surface area contributed by atoms with Gasteiger partial charge in [-0.05, 0) is 6.07 Å². The SMILES string of the molecule is O=C(Nc1scnc1C(=O)NCc1ccccc1OC(F)(F)F)c1c[nH]c(=O)cn1. The zero-order chi connectivity index (χ0) is 21.7. The number of thiazole rings is 1. The average molecular weight is 439 g/mol. The van der Waals surface area contributed by atoms with Crippen molar-refractivity contribution >= 4 is 28.2 Å². The minimum absolute atomic E-state index is 0.0902. The summed E-state index contributed by atoms with van der Waals surface area (Å²) in [5.74, 6) is -1.85. The fourth-order valence-electron chi connectivity index (χ4n) is 2.26. The van der Waals surface area contributed by atoms with E-state index in [9.17, 15) is 27.6 Å². The van der Waals surface area contributed by atoms with Crippen LogP contribution in [0.5, 0.6) is 5.75 Å². The molecule has 0 aliphatic carbocycles. The van der Waals surface area contributed by atoms with E-state index < -0.39 is 29.5 Å². The molecule has 0 saturated carbocycles. The highest BCUT2D eigenvalue weighted by atomic mass is 32.1. The number of hydrogen-bond acceptors (Lipinski definition) is 7. The number of ether oxygens (including phenoxy) is 1. The number of anilines is 1. The van der Waals surface area contributed by atoms with Gasteiger partial charge in [0.05, 0.1) is 11.7 Å². The number of amides is 2. The van der Waals surface area contributed by atoms with Crippen molar-refractivity contribution in [2.24, 2.45) is 0 Å². The van der Waals surface area contributed by atoms with E-state index in [1.807, 2.05) is 0 Å². The van der Waals surface area contributed by atoms with Crippen molar-refractivity contribution < 1.29 is 27.5 Å². The molecule has 0 aliphatic heterocycles. The van der Waals surface area contributed by atoms with Gasteiger partial charge in [-0.15, -0.1) is 24.5 Å². The summed E-state index contributed by atoms with van der Waals surface area (Å²) in [7, 11) is 0. The summed E-state index contributed by atoms with van der Waals surface area (Å²) in [6, 6.07) is 5.36. The van der Waals surface area contributed by atoms with Crippen LogP contribution in [0.3, 0.4) is 0 Å². The predicted molar refractivity (Wildman–Crippen MR) is 99.2 cm³/mol. The molecule has 0 saturated heterocycles. The number of halogens is 3. The first-order chi connectivity index (χ1) is 14.2. The minimum atomic E-state index is -4.87. The number of nitrogens with one attached hydrogen (secondary N) is 3. The first-order valence-electron chi connectivity index (χ1n) is 8.14. The zero-order valence-corrected chi connectivity index (χ0v) is 15.6. The standard InChI is InChI=1S/C17H12F3N5O4S/c18-17(19,20)29-11-4-2-1-3-9(11)5-23-15(28)13-16(30-8-24-13)25-14(27)10-6-22-12(26)7-21-10/h1-4,6-8H,5H2,(H,22,26)(H,23,28)(H,25,27). The molecule has 0 atom stereocenters. The molecule has 0 aliphatic rings. The Kier molecular flexibility index (Phi) is 6.11. The van der Waals surface area contributed by atoms with Crippen molar-refractivity contribution in [3.63, 3.8) is 0 Å². The zero-order valence-electron chi connectivity index (χ0n) is 14.8. The van der Waals surface area contributed by atoms with E-state index in [0.29, 0.717) is 0 Å². The number of hydrogen-bond donors (Lipinski definition) is 3. The van der Waals surface area contributed by atoms with Crippen LogP contribution in [0.1, 0.15) is 26.5 Å². The van der Waals surface area contributed by atoms with Crippen LogP contribution in [-0.4, -0.2) is 33.1 Å². The van der Waals surface area contributed by atoms with Gasteiger partial charge in [0.15, 0.2) is 5.69 Å². The maximum Gasteiger partial charge on any atom is 0.573 e. The number of aromatic amines is 1. The fraction of sp³-hybridized carbons (Fsp3) is 0.118. The highest BCUT2D eigenvalue weighted by molar-refractivity contribution is 7.14. The van der Waals surface area contributed by atoms with Gasteiger partial charge >= 0.3 is 6.36 Å². The van der Waals surface area contributed by atoms with Gasteiger partial charge < -0.3 is 20.4 Å². The molecule has 0 radical (unpaired) electrons. The number of nitrogens with zero attached hydrogens (tertiary/aromatic N) is 2. The second-order valence-electron chi connectivity index (χ2n) is 5.62. The van der Waals surface area contributed by atoms with Crippen LogP contribution < -0.4 is 20.9 Å². The monoisotopic (exact) mass is 439 g/mol. The molecule has 2 aromatic heterocycles. The van der Waals surface area contributed by atoms with Gasteiger partial charge in [0.2, 0.25) is 0 Å². The van der Waals surface area contributed by atoms with Crippen LogP contribution in [0.25, 0.3) is 0 Å². The summed E-state index contributed by atoms with van der Waals surface area (Å²) < 4.78 is 41.4. The van der Waals surface area contributed by atoms with Gasteiger partial charge in [0.1, 0.15) is 16.4 Å². The lowest BCUT2D eigenvalue weighted by Gasteiger charge is -2.13. The molecule has 2 amide bonds. The number of benzene rings is 1. The molecule has 3 aromatic rings. The van der Waals surface area contributed by atoms with E-state index >= 15 is 0 Å². The minimum Gasteiger partial charge on any atom is -0.405 e. The lowest BCUT2D eigenvalue weighted by atomic mass is 10.2. The number of aromatic nitrogens is 3. The van der Waals surface area contributed by atoms with Crippen molar-refractivity contribution in [3.05, 3.63) is 69.5 Å². The summed E-state index contributed by atoms with van der Waals surface area (Å²) >= 11 is 0.960. The first kappa shape index (κ1) is 21.0. The maximum absolute atomic E-state index is 12.5. The van der Waals surface area contributed by atoms with Crippen LogP contribution in [0.4, 0.5) is 18.2 Å². The molecule has 0 bridgehead atoms. The molecule has 3 N–H and O–H groups in total. The molecule has 0 spiro atoms. The number of rotatable bonds is 6. The molecule has 3 rings (SSSR count). The van der Waals surface area contributed by atoms with Gasteiger partial charge in [0.25, 0.3) is 17.4 Å². The fourth-order valence-corrected chi connectivity index (χ4v) is 2.94. The van der Waals surface area contributed by atoms with Crippen LogP contribution in [0, 0.1) is 0 Å². The molecule has 9 nitrogen and oxygen atoms in total. The van der Waals surface area contributed by atoms with Gasteiger partial charge in [-0.3, -0.25) is 14.4 Å². The highest BCUT2D eigenvalue weighted by Crippen LogP contribution is 2.26. The van der Waals surface area contributed by atoms with Crippen molar-refractivity contribution in [1.82, 2.24) is 20.3 Å². The van der Waals surface area contributed by atoms with Gasteiger partial charge in [0, 0.05) is 18.3 Å². The summed E-state index contributed by atoms with van der Waals surface area (Å²) in [6.45, 7) is -0.266. The Morgan fingerprint density at radius 1 is 1.17 bits per heavy atom. The Morgan fingerprint density at radius 3 is 2.63 bits per heavy atom. The van der Waals surface area contributed by atoms with Crippen LogP contribution in [0.15, 0.2) is 47.0 Å². The molecule has 0 fully saturated rings. The molecule has 156 valence electrons. The number of carbonyl (C=O) groups is 2. The number of H-pyrrole nitrogens is 1. The van der Waals surface area contributed by atoms with Gasteiger partial charge in [-0.1, -0.05) is 18.2 Å². The summed E-state index contributed by atoms with van der Waals surface area (Å²) in [5.41, 5.74) is 0.700. The summed E-state index contributed by atoms with van der Waals surface area (Å²) in [6.07, 6.45) is -2.84. The van der Waals surface area contributed by atoms with Crippen molar-refractivity contribution in [2.75, 3.05) is 5.32 Å². The van der Waals surface area contributed by atoms with E-state index in [1.165, 1.54) is 23.7 Å². The third kappa shape index (κ3) is 5.41. The highest BCUT2D eigenvalue weighted by Gasteiger charge is 2.32. The third-order valence-electron chi connectivity index (χ3n) is 3.55. The first-order valence-corrected chi connectivity index (χ1v) is 9.02. The molecular weight excluding hydrogens is 427 g/mol. The normalized spacial score (nSPS) is 11.0. The van der Waals surface area contributed by atoms with Crippen molar-refractivity contribution in [3.8, 4) is 5.75 Å². The topological polar surface area (TPSA) is 126 Å². The molecule has 2 heterocycles. The Labute approximate surface area is 169 Å². The van der Waals surface area contributed by atoms with Crippen molar-refractivity contribution in [1.29, 1.82) is 0 Å². The predicted octanol–water partition coefficient (Wildman–Crippen LogP) is 2.31. The maximum atomic E-state index is 12.5. The van der Waals surface area contributed by atoms with Crippen molar-refractivity contribution in [2.45, 2.75) is 12.9 Å². The number of para-hydroxylation sites is 1. The van der Waals surface area contributed by atoms with E-state index in [2.05, 4.69) is 30.3 Å². The van der Waals surface area contributed by atoms with Crippen LogP contribution >= 0.6 is 11.3 Å². The van der Waals surface area contributed by atoms with Crippen LogP contribution in [-0.2, 0) is 6.54 Å². The molecule has 0 unspecified atom stereocenters. The second-order valence-corrected chi connectivity index (χ2v) is 6.47. The largest absolute Gasteiger partial charge is 0.573 e. The van der Waals surface area contributed by atoms with E-state index in [1.54, 1.807) is 0 Å². The Hall–Kier alpha value is -3.74. The smallest absolute Gasteiger partial charge is 0.405 e. The lowest BCUT2D eigenvalue weighted by molar-refractivity contribution is -0.274. The van der Waals surface area contributed by atoms with E-state index in [0.717, 1.165) is 29.8 Å². The molecule has 30 heavy (non-hydrogen) atoms. The molecule has 13 heteroatoms. The molecular formula is C17H12F3N5O4S. The lowest BCUT2D eigenvalue weighted by Crippen LogP contribution is -2.26. The van der Waals surface area contributed by atoms with Crippen LogP contribution in [0.2, 0.25) is 0 Å². The third-order valence-corrected chi connectivity index (χ3v) is 4.29.